The minimum absolute atomic E-state index is 0.146. The van der Waals surface area contributed by atoms with Gasteiger partial charge in [-0.25, -0.2) is 0 Å². The van der Waals surface area contributed by atoms with Crippen LogP contribution in [0.3, 0.4) is 0 Å². The summed E-state index contributed by atoms with van der Waals surface area (Å²) in [6.07, 6.45) is 0. The number of rotatable bonds is 3. The quantitative estimate of drug-likeness (QED) is 0.195. The third-order valence-corrected chi connectivity index (χ3v) is 7.47. The fourth-order valence-corrected chi connectivity index (χ4v) is 5.63. The largest absolute Gasteiger partial charge is 0.309 e. The lowest BCUT2D eigenvalue weighted by Crippen LogP contribution is -1.93. The lowest BCUT2D eigenvalue weighted by molar-refractivity contribution is 1.18. The van der Waals surface area contributed by atoms with Crippen LogP contribution < -0.4 is 0 Å². The average Bonchev–Trinajstić information content (AvgIpc) is 3.99. The second-order valence-electron chi connectivity index (χ2n) is 9.76. The highest BCUT2D eigenvalue weighted by atomic mass is 15.0. The number of hydrogen-bond donors (Lipinski definition) is 0. The molecule has 0 saturated carbocycles. The molecule has 0 radical (unpaired) electrons. The van der Waals surface area contributed by atoms with Crippen LogP contribution in [0.15, 0.2) is 157 Å². The van der Waals surface area contributed by atoms with Crippen molar-refractivity contribution in [2.45, 2.75) is 0 Å². The summed E-state index contributed by atoms with van der Waals surface area (Å²) in [5.74, 6) is 0. The highest BCUT2D eigenvalue weighted by Crippen LogP contribution is 2.41. The lowest BCUT2D eigenvalue weighted by Gasteiger charge is -2.10. The molecule has 0 saturated heterocycles. The van der Waals surface area contributed by atoms with Gasteiger partial charge in [0.05, 0.1) is 63.2 Å². The Bertz CT molecular complexity index is 4130. The van der Waals surface area contributed by atoms with E-state index in [9.17, 15) is 11.0 Å². The topological polar surface area (TPSA) is 9.34 Å². The van der Waals surface area contributed by atoms with Crippen LogP contribution in [0, 0.1) is 0 Å². The Labute approximate surface area is 290 Å². The third kappa shape index (κ3) is 3.20. The predicted octanol–water partition coefficient (Wildman–Crippen LogP) is 11.3. The molecule has 0 amide bonds. The second kappa shape index (κ2) is 8.82. The number of para-hydroxylation sites is 3. The van der Waals surface area contributed by atoms with Gasteiger partial charge in [0.1, 0.15) is 0 Å². The second-order valence-corrected chi connectivity index (χ2v) is 9.76. The average molecular weight is 585 g/mol. The Hall–Kier alpha value is -5.86. The van der Waals surface area contributed by atoms with Crippen LogP contribution in [0.4, 0.5) is 0 Å². The first-order valence-corrected chi connectivity index (χ1v) is 13.1. The molecule has 10 rings (SSSR count). The monoisotopic (exact) mass is 584 g/mol. The van der Waals surface area contributed by atoms with E-state index in [-0.39, 0.29) is 38.1 Å². The maximum atomic E-state index is 9.75. The molecule has 2 nitrogen and oxygen atoms in total. The van der Waals surface area contributed by atoms with Crippen LogP contribution in [-0.4, -0.2) is 8.97 Å². The van der Waals surface area contributed by atoms with E-state index in [1.807, 2.05) is 0 Å². The van der Waals surface area contributed by atoms with Gasteiger partial charge in [0.15, 0.2) is 0 Å². The molecule has 204 valence electrons. The van der Waals surface area contributed by atoms with Crippen molar-refractivity contribution in [1.82, 2.24) is 8.97 Å². The zero-order valence-electron chi connectivity index (χ0n) is 47.9. The number of nitrogens with zero attached hydrogens (tertiary/aromatic N) is 2. The molecule has 0 unspecified atom stereocenters. The molecule has 0 N–H and O–H groups in total. The van der Waals surface area contributed by atoms with Crippen LogP contribution in [-0.2, 0) is 0 Å². The first kappa shape index (κ1) is 9.83. The van der Waals surface area contributed by atoms with E-state index >= 15 is 0 Å². The predicted molar refractivity (Wildman–Crippen MR) is 186 cm³/mol. The Kier molecular flexibility index (Phi) is 1.97. The van der Waals surface area contributed by atoms with E-state index in [0.717, 1.165) is 8.97 Å². The number of aromatic nitrogens is 2. The van der Waals surface area contributed by atoms with Crippen LogP contribution in [0.25, 0.3) is 87.8 Å². The van der Waals surface area contributed by atoms with Crippen molar-refractivity contribution in [2.75, 3.05) is 0 Å². The van der Waals surface area contributed by atoms with Crippen molar-refractivity contribution >= 4 is 59.9 Å². The van der Waals surface area contributed by atoms with Gasteiger partial charge < -0.3 is 8.97 Å². The van der Waals surface area contributed by atoms with Crippen molar-refractivity contribution in [1.29, 1.82) is 0 Å². The SMILES string of the molecule is [2H]c1c([2H])c([2H])c(-c2c([2H])c([2H])c(-n3c4c([2H])c([2H])c([2H])c([2H])c4c4c([2H])c(-c5c([2H])c([2H])c6c(c5[2H])c5c([2H])c([2H])c([2H])c7c8c([2H])c([2H])c([2H])c([2H])c8n6c75)c([2H])c([2H])c43)c([2H])c2[2H])c([2H])c1[2H]. The molecule has 0 spiro atoms. The minimum atomic E-state index is -0.999. The molecule has 3 aromatic heterocycles. The fourth-order valence-electron chi connectivity index (χ4n) is 5.63. The van der Waals surface area contributed by atoms with Gasteiger partial charge in [-0.3, -0.25) is 0 Å². The maximum Gasteiger partial charge on any atom is 0.0645 e. The van der Waals surface area contributed by atoms with E-state index in [0.29, 0.717) is 0 Å². The Balaban J connectivity index is 1.39. The molecule has 0 atom stereocenters. The van der Waals surface area contributed by atoms with Crippen LogP contribution >= 0.6 is 0 Å². The summed E-state index contributed by atoms with van der Waals surface area (Å²) in [7, 11) is 0. The van der Waals surface area contributed by atoms with Crippen molar-refractivity contribution in [3.05, 3.63) is 157 Å². The van der Waals surface area contributed by atoms with Gasteiger partial charge in [-0.1, -0.05) is 109 Å². The zero-order chi connectivity index (χ0) is 51.4. The molecule has 0 aliphatic rings. The Morgan fingerprint density at radius 3 is 1.57 bits per heavy atom. The summed E-state index contributed by atoms with van der Waals surface area (Å²) in [5, 5.41) is -2.19. The van der Waals surface area contributed by atoms with Gasteiger partial charge in [0, 0.05) is 38.0 Å². The summed E-state index contributed by atoms with van der Waals surface area (Å²) in [6.45, 7) is 0. The van der Waals surface area contributed by atoms with Gasteiger partial charge in [-0.15, -0.1) is 0 Å². The van der Waals surface area contributed by atoms with E-state index < -0.39 is 207 Å². The molecule has 0 aliphatic heterocycles. The molecule has 3 heterocycles. The van der Waals surface area contributed by atoms with Crippen molar-refractivity contribution in [3.8, 4) is 27.9 Å². The highest BCUT2D eigenvalue weighted by Gasteiger charge is 2.18. The summed E-state index contributed by atoms with van der Waals surface area (Å²) < 4.78 is 233. The molecule has 44 heavy (non-hydrogen) atoms. The maximum absolute atomic E-state index is 9.75. The number of fused-ring (bicyclic) bond motifs is 9. The molecule has 7 aromatic carbocycles. The molecule has 2 heteroatoms. The molecular formula is C42H26N2. The number of benzene rings is 7. The van der Waals surface area contributed by atoms with Gasteiger partial charge >= 0.3 is 0 Å². The summed E-state index contributed by atoms with van der Waals surface area (Å²) in [6, 6.07) is -21.5. The van der Waals surface area contributed by atoms with Crippen LogP contribution in [0.2, 0.25) is 0 Å². The molecule has 0 aliphatic carbocycles. The summed E-state index contributed by atoms with van der Waals surface area (Å²) in [4.78, 5) is 0. The van der Waals surface area contributed by atoms with Crippen LogP contribution in [0.1, 0.15) is 35.6 Å². The molecule has 0 fully saturated rings. The normalized spacial score (nSPS) is 20.4. The smallest absolute Gasteiger partial charge is 0.0645 e. The third-order valence-electron chi connectivity index (χ3n) is 7.47. The van der Waals surface area contributed by atoms with E-state index in [1.165, 1.54) is 0 Å². The summed E-state index contributed by atoms with van der Waals surface area (Å²) in [5.41, 5.74) is -5.67. The Morgan fingerprint density at radius 2 is 0.818 bits per heavy atom. The Morgan fingerprint density at radius 1 is 0.341 bits per heavy atom. The standard InChI is InChI=1S/C42H26N2/c1-2-9-27(10-3-1)28-17-21-31(22-18-28)43-38-15-6-5-12-33(38)36-25-29(19-23-40(36)43)30-20-24-41-37(26-30)35-14-8-13-34-32-11-4-7-16-39(32)44(41)42(34)35/h1-26H/i1D,2D,3D,4D,5D,6D,7D,8D,9D,10D,11D,12D,13D,14D,15D,16D,17D,18D,19D,20D,21D,22D,23D,24D,25D,26D. The first-order valence-electron chi connectivity index (χ1n) is 26.1. The summed E-state index contributed by atoms with van der Waals surface area (Å²) >= 11 is 0. The minimum Gasteiger partial charge on any atom is -0.309 e. The van der Waals surface area contributed by atoms with E-state index in [4.69, 9.17) is 24.7 Å². The highest BCUT2D eigenvalue weighted by molar-refractivity contribution is 6.23. The molecule has 10 aromatic rings. The zero-order valence-corrected chi connectivity index (χ0v) is 21.9. The number of hydrogen-bond acceptors (Lipinski definition) is 0. The fraction of sp³-hybridized carbons (Fsp3) is 0. The van der Waals surface area contributed by atoms with Gasteiger partial charge in [-0.2, -0.15) is 0 Å². The van der Waals surface area contributed by atoms with Gasteiger partial charge in [0.25, 0.3) is 0 Å². The molecule has 0 bridgehead atoms. The first-order chi connectivity index (χ1) is 32.7. The lowest BCUT2D eigenvalue weighted by atomic mass is 10.00. The van der Waals surface area contributed by atoms with Crippen molar-refractivity contribution < 1.29 is 35.6 Å². The van der Waals surface area contributed by atoms with E-state index in [1.54, 1.807) is 0 Å². The van der Waals surface area contributed by atoms with Crippen LogP contribution in [0.5, 0.6) is 0 Å². The van der Waals surface area contributed by atoms with E-state index in [2.05, 4.69) is 0 Å². The van der Waals surface area contributed by atoms with Gasteiger partial charge in [-0.05, 0) is 70.6 Å². The molecular weight excluding hydrogens is 532 g/mol. The van der Waals surface area contributed by atoms with Crippen molar-refractivity contribution in [2.24, 2.45) is 0 Å². The van der Waals surface area contributed by atoms with Gasteiger partial charge in [0.2, 0.25) is 0 Å². The van der Waals surface area contributed by atoms with Crippen molar-refractivity contribution in [3.63, 3.8) is 0 Å².